The molecular weight excluding hydrogens is 454 g/mol. The van der Waals surface area contributed by atoms with E-state index >= 15 is 0 Å². The number of thioether (sulfide) groups is 1. The first kappa shape index (κ1) is 23.0. The van der Waals surface area contributed by atoms with E-state index < -0.39 is 0 Å². The fourth-order valence-corrected chi connectivity index (χ4v) is 4.75. The van der Waals surface area contributed by atoms with Gasteiger partial charge in [0, 0.05) is 28.3 Å². The van der Waals surface area contributed by atoms with Gasteiger partial charge in [0.15, 0.2) is 0 Å². The molecule has 0 aliphatic rings. The molecule has 0 atom stereocenters. The van der Waals surface area contributed by atoms with Crippen LogP contribution < -0.4 is 5.63 Å². The third-order valence-electron chi connectivity index (χ3n) is 6.19. The highest BCUT2D eigenvalue weighted by Crippen LogP contribution is 2.32. The number of aryl methyl sites for hydroxylation is 4. The number of rotatable bonds is 5. The largest absolute Gasteiger partial charge is 0.422 e. The van der Waals surface area contributed by atoms with Crippen LogP contribution in [0.4, 0.5) is 0 Å². The minimum atomic E-state index is -0.351. The first-order valence-electron chi connectivity index (χ1n) is 11.4. The summed E-state index contributed by atoms with van der Waals surface area (Å²) in [6.07, 6.45) is 0. The minimum absolute atomic E-state index is 0.351. The number of fused-ring (bicyclic) bond motifs is 1. The van der Waals surface area contributed by atoms with Gasteiger partial charge in [-0.05, 0) is 44.4 Å². The van der Waals surface area contributed by atoms with Crippen LogP contribution in [0.1, 0.15) is 27.8 Å². The summed E-state index contributed by atoms with van der Waals surface area (Å²) < 4.78 is 5.52. The first-order chi connectivity index (χ1) is 16.9. The van der Waals surface area contributed by atoms with Crippen LogP contribution in [0.15, 0.2) is 81.1 Å². The summed E-state index contributed by atoms with van der Waals surface area (Å²) >= 11 is 1.46. The van der Waals surface area contributed by atoms with E-state index in [9.17, 15) is 4.79 Å². The van der Waals surface area contributed by atoms with Gasteiger partial charge in [0.2, 0.25) is 5.16 Å². The highest BCUT2D eigenvalue weighted by Gasteiger charge is 2.15. The average Bonchev–Trinajstić information content (AvgIpc) is 2.86. The van der Waals surface area contributed by atoms with Gasteiger partial charge in [-0.1, -0.05) is 83.6 Å². The summed E-state index contributed by atoms with van der Waals surface area (Å²) in [6, 6.07) is 22.1. The number of nitrogens with zero attached hydrogens (tertiary/aromatic N) is 3. The van der Waals surface area contributed by atoms with Gasteiger partial charge in [-0.25, -0.2) is 9.78 Å². The standard InChI is InChI=1S/C29H25N3O2S/c1-17-5-10-21(11-6-17)26-27(22-12-7-18(2)8-13-22)31-32-29(30-26)35-16-23-15-25(33)34-28-20(4)19(3)9-14-24(23)28/h5-15H,16H2,1-4H3. The zero-order valence-electron chi connectivity index (χ0n) is 20.1. The lowest BCUT2D eigenvalue weighted by Gasteiger charge is -2.11. The Labute approximate surface area is 208 Å². The molecule has 0 fully saturated rings. The molecule has 0 bridgehead atoms. The zero-order valence-corrected chi connectivity index (χ0v) is 20.9. The van der Waals surface area contributed by atoms with E-state index in [1.54, 1.807) is 6.07 Å². The Morgan fingerprint density at radius 2 is 1.40 bits per heavy atom. The molecule has 174 valence electrons. The average molecular weight is 480 g/mol. The van der Waals surface area contributed by atoms with Crippen molar-refractivity contribution in [2.24, 2.45) is 0 Å². The van der Waals surface area contributed by atoms with Crippen molar-refractivity contribution in [2.75, 3.05) is 0 Å². The summed E-state index contributed by atoms with van der Waals surface area (Å²) in [5.74, 6) is 0.531. The third kappa shape index (κ3) is 4.75. The summed E-state index contributed by atoms with van der Waals surface area (Å²) in [4.78, 5) is 17.2. The molecule has 6 heteroatoms. The van der Waals surface area contributed by atoms with Gasteiger partial charge in [0.25, 0.3) is 0 Å². The Morgan fingerprint density at radius 1 is 0.771 bits per heavy atom. The molecule has 0 spiro atoms. The second-order valence-electron chi connectivity index (χ2n) is 8.79. The summed E-state index contributed by atoms with van der Waals surface area (Å²) in [5.41, 5.74) is 9.11. The molecule has 2 heterocycles. The number of aromatic nitrogens is 3. The molecule has 0 N–H and O–H groups in total. The highest BCUT2D eigenvalue weighted by molar-refractivity contribution is 7.98. The van der Waals surface area contributed by atoms with Crippen molar-refractivity contribution < 1.29 is 4.42 Å². The molecule has 0 aliphatic carbocycles. The summed E-state index contributed by atoms with van der Waals surface area (Å²) in [5, 5.41) is 10.5. The van der Waals surface area contributed by atoms with Gasteiger partial charge in [-0.2, -0.15) is 0 Å². The molecule has 0 saturated heterocycles. The van der Waals surface area contributed by atoms with E-state index in [-0.39, 0.29) is 5.63 Å². The molecule has 0 aliphatic heterocycles. The van der Waals surface area contributed by atoms with Crippen molar-refractivity contribution in [3.63, 3.8) is 0 Å². The molecule has 2 aromatic heterocycles. The van der Waals surface area contributed by atoms with Crippen molar-refractivity contribution in [1.82, 2.24) is 15.2 Å². The van der Waals surface area contributed by atoms with E-state index in [1.165, 1.54) is 22.9 Å². The first-order valence-corrected chi connectivity index (χ1v) is 12.4. The Kier molecular flexibility index (Phi) is 6.22. The van der Waals surface area contributed by atoms with Crippen LogP contribution >= 0.6 is 11.8 Å². The van der Waals surface area contributed by atoms with Crippen LogP contribution in [0.25, 0.3) is 33.5 Å². The summed E-state index contributed by atoms with van der Waals surface area (Å²) in [7, 11) is 0. The fraction of sp³-hybridized carbons (Fsp3) is 0.172. The van der Waals surface area contributed by atoms with E-state index in [1.807, 2.05) is 32.0 Å². The second kappa shape index (κ2) is 9.47. The third-order valence-corrected chi connectivity index (χ3v) is 7.08. The van der Waals surface area contributed by atoms with Gasteiger partial charge in [0.05, 0.1) is 0 Å². The van der Waals surface area contributed by atoms with Crippen LogP contribution in [0.2, 0.25) is 0 Å². The lowest BCUT2D eigenvalue weighted by atomic mass is 10.0. The van der Waals surface area contributed by atoms with Crippen molar-refractivity contribution in [1.29, 1.82) is 0 Å². The van der Waals surface area contributed by atoms with Crippen LogP contribution in [0, 0.1) is 27.7 Å². The highest BCUT2D eigenvalue weighted by atomic mass is 32.2. The van der Waals surface area contributed by atoms with E-state index in [2.05, 4.69) is 66.5 Å². The van der Waals surface area contributed by atoms with Crippen molar-refractivity contribution in [3.8, 4) is 22.5 Å². The normalized spacial score (nSPS) is 11.2. The monoisotopic (exact) mass is 479 g/mol. The zero-order chi connectivity index (χ0) is 24.5. The van der Waals surface area contributed by atoms with Gasteiger partial charge in [-0.15, -0.1) is 10.2 Å². The smallest absolute Gasteiger partial charge is 0.336 e. The maximum absolute atomic E-state index is 12.3. The maximum Gasteiger partial charge on any atom is 0.336 e. The number of hydrogen-bond donors (Lipinski definition) is 0. The second-order valence-corrected chi connectivity index (χ2v) is 9.73. The van der Waals surface area contributed by atoms with Gasteiger partial charge >= 0.3 is 5.63 Å². The Bertz CT molecular complexity index is 1590. The number of hydrogen-bond acceptors (Lipinski definition) is 6. The van der Waals surface area contributed by atoms with Crippen LogP contribution in [0.5, 0.6) is 0 Å². The van der Waals surface area contributed by atoms with Gasteiger partial charge < -0.3 is 4.42 Å². The molecule has 35 heavy (non-hydrogen) atoms. The van der Waals surface area contributed by atoms with E-state index in [0.717, 1.165) is 44.6 Å². The predicted octanol–water partition coefficient (Wildman–Crippen LogP) is 6.84. The Morgan fingerprint density at radius 3 is 2.06 bits per heavy atom. The minimum Gasteiger partial charge on any atom is -0.422 e. The lowest BCUT2D eigenvalue weighted by molar-refractivity contribution is 0.557. The molecule has 0 saturated carbocycles. The summed E-state index contributed by atoms with van der Waals surface area (Å²) in [6.45, 7) is 8.11. The predicted molar refractivity (Wildman–Crippen MR) is 142 cm³/mol. The molecule has 5 nitrogen and oxygen atoms in total. The van der Waals surface area contributed by atoms with Gasteiger partial charge in [0.1, 0.15) is 17.0 Å². The van der Waals surface area contributed by atoms with E-state index in [4.69, 9.17) is 9.40 Å². The topological polar surface area (TPSA) is 68.9 Å². The Hall–Kier alpha value is -3.77. The van der Waals surface area contributed by atoms with Crippen LogP contribution in [-0.2, 0) is 5.75 Å². The fourth-order valence-electron chi connectivity index (χ4n) is 3.98. The SMILES string of the molecule is Cc1ccc(-c2nnc(SCc3cc(=O)oc4c(C)c(C)ccc34)nc2-c2ccc(C)cc2)cc1. The lowest BCUT2D eigenvalue weighted by Crippen LogP contribution is -2.03. The maximum atomic E-state index is 12.3. The van der Waals surface area contributed by atoms with Crippen LogP contribution in [-0.4, -0.2) is 15.2 Å². The van der Waals surface area contributed by atoms with Crippen molar-refractivity contribution >= 4 is 22.7 Å². The van der Waals surface area contributed by atoms with Crippen molar-refractivity contribution in [2.45, 2.75) is 38.6 Å². The van der Waals surface area contributed by atoms with Crippen LogP contribution in [0.3, 0.4) is 0 Å². The molecule has 5 rings (SSSR count). The quantitative estimate of drug-likeness (QED) is 0.203. The molecule has 0 radical (unpaired) electrons. The molecule has 0 unspecified atom stereocenters. The van der Waals surface area contributed by atoms with Gasteiger partial charge in [-0.3, -0.25) is 0 Å². The van der Waals surface area contributed by atoms with Crippen molar-refractivity contribution in [3.05, 3.63) is 105 Å². The Balaban J connectivity index is 1.53. The molecule has 3 aromatic carbocycles. The van der Waals surface area contributed by atoms with E-state index in [0.29, 0.717) is 16.5 Å². The molecular formula is C29H25N3O2S. The number of benzene rings is 3. The molecule has 0 amide bonds. The molecule has 5 aromatic rings.